The Morgan fingerprint density at radius 2 is 1.86 bits per heavy atom. The fourth-order valence-electron chi connectivity index (χ4n) is 3.35. The number of carbonyl (C=O) groups excluding carboxylic acids is 2. The summed E-state index contributed by atoms with van der Waals surface area (Å²) in [6, 6.07) is 0.212. The highest BCUT2D eigenvalue weighted by molar-refractivity contribution is 5.84. The average molecular weight is 297 g/mol. The molecule has 1 aliphatic rings. The van der Waals surface area contributed by atoms with E-state index in [0.29, 0.717) is 18.9 Å². The summed E-state index contributed by atoms with van der Waals surface area (Å²) >= 11 is 0. The lowest BCUT2D eigenvalue weighted by atomic mass is 9.94. The van der Waals surface area contributed by atoms with E-state index in [2.05, 4.69) is 6.92 Å². The molecule has 0 radical (unpaired) electrons. The molecule has 0 aromatic rings. The summed E-state index contributed by atoms with van der Waals surface area (Å²) in [5.41, 5.74) is 10.9. The maximum atomic E-state index is 12.5. The van der Waals surface area contributed by atoms with E-state index in [-0.39, 0.29) is 18.5 Å². The van der Waals surface area contributed by atoms with Gasteiger partial charge < -0.3 is 16.4 Å². The molecule has 1 unspecified atom stereocenters. The van der Waals surface area contributed by atoms with Gasteiger partial charge in [0.25, 0.3) is 0 Å². The van der Waals surface area contributed by atoms with E-state index in [4.69, 9.17) is 11.5 Å². The highest BCUT2D eigenvalue weighted by atomic mass is 16.2. The normalized spacial score (nSPS) is 16.9. The van der Waals surface area contributed by atoms with Crippen molar-refractivity contribution < 1.29 is 9.59 Å². The third kappa shape index (κ3) is 6.46. The first-order valence-corrected chi connectivity index (χ1v) is 8.36. The van der Waals surface area contributed by atoms with Crippen LogP contribution in [0.5, 0.6) is 0 Å². The van der Waals surface area contributed by atoms with Gasteiger partial charge in [0.2, 0.25) is 11.8 Å². The number of amides is 2. The standard InChI is InChI=1S/C16H31N3O2/c1-2-5-13(10-11-17)8-9-16(21)19(12-15(18)20)14-6-3-4-7-14/h13-14H,2-12,17H2,1H3,(H2,18,20). The summed E-state index contributed by atoms with van der Waals surface area (Å²) in [4.78, 5) is 25.4. The van der Waals surface area contributed by atoms with Gasteiger partial charge in [-0.15, -0.1) is 0 Å². The van der Waals surface area contributed by atoms with Gasteiger partial charge in [0.15, 0.2) is 0 Å². The van der Waals surface area contributed by atoms with Crippen LogP contribution in [0.3, 0.4) is 0 Å². The summed E-state index contributed by atoms with van der Waals surface area (Å²) in [5, 5.41) is 0. The van der Waals surface area contributed by atoms with E-state index in [1.54, 1.807) is 4.90 Å². The summed E-state index contributed by atoms with van der Waals surface area (Å²) in [5.74, 6) is 0.184. The van der Waals surface area contributed by atoms with Crippen LogP contribution in [-0.2, 0) is 9.59 Å². The Labute approximate surface area is 128 Å². The third-order valence-electron chi connectivity index (χ3n) is 4.45. The van der Waals surface area contributed by atoms with Crippen molar-refractivity contribution in [3.8, 4) is 0 Å². The van der Waals surface area contributed by atoms with E-state index in [0.717, 1.165) is 51.4 Å². The van der Waals surface area contributed by atoms with E-state index < -0.39 is 5.91 Å². The average Bonchev–Trinajstić information content (AvgIpc) is 2.96. The van der Waals surface area contributed by atoms with Crippen LogP contribution in [0.15, 0.2) is 0 Å². The first-order chi connectivity index (χ1) is 10.1. The van der Waals surface area contributed by atoms with Gasteiger partial charge in [-0.1, -0.05) is 32.6 Å². The summed E-state index contributed by atoms with van der Waals surface area (Å²) < 4.78 is 0. The van der Waals surface area contributed by atoms with Gasteiger partial charge in [0.1, 0.15) is 0 Å². The molecule has 1 saturated carbocycles. The molecular formula is C16H31N3O2. The minimum atomic E-state index is -0.415. The molecule has 0 bridgehead atoms. The molecule has 1 fully saturated rings. The fraction of sp³-hybridized carbons (Fsp3) is 0.875. The molecule has 1 aliphatic carbocycles. The van der Waals surface area contributed by atoms with Crippen molar-refractivity contribution in [1.82, 2.24) is 4.90 Å². The van der Waals surface area contributed by atoms with Crippen LogP contribution in [-0.4, -0.2) is 35.8 Å². The number of hydrogen-bond donors (Lipinski definition) is 2. The third-order valence-corrected chi connectivity index (χ3v) is 4.45. The number of nitrogens with two attached hydrogens (primary N) is 2. The lowest BCUT2D eigenvalue weighted by molar-refractivity contribution is -0.137. The monoisotopic (exact) mass is 297 g/mol. The molecule has 4 N–H and O–H groups in total. The molecule has 0 aromatic carbocycles. The van der Waals surface area contributed by atoms with E-state index >= 15 is 0 Å². The molecule has 5 nitrogen and oxygen atoms in total. The number of nitrogens with zero attached hydrogens (tertiary/aromatic N) is 1. The van der Waals surface area contributed by atoms with E-state index in [1.165, 1.54) is 0 Å². The minimum Gasteiger partial charge on any atom is -0.368 e. The number of primary amides is 1. The first-order valence-electron chi connectivity index (χ1n) is 8.36. The van der Waals surface area contributed by atoms with Crippen molar-refractivity contribution >= 4 is 11.8 Å². The van der Waals surface area contributed by atoms with E-state index in [1.807, 2.05) is 0 Å². The van der Waals surface area contributed by atoms with Crippen molar-refractivity contribution in [3.63, 3.8) is 0 Å². The number of rotatable bonds is 10. The van der Waals surface area contributed by atoms with Gasteiger partial charge in [-0.05, 0) is 38.1 Å². The SMILES string of the molecule is CCCC(CCN)CCC(=O)N(CC(N)=O)C1CCCC1. The molecule has 0 aromatic heterocycles. The van der Waals surface area contributed by atoms with Gasteiger partial charge in [0, 0.05) is 12.5 Å². The molecule has 0 heterocycles. The molecule has 1 rings (SSSR count). The Morgan fingerprint density at radius 3 is 2.38 bits per heavy atom. The minimum absolute atomic E-state index is 0.0683. The largest absolute Gasteiger partial charge is 0.368 e. The molecular weight excluding hydrogens is 266 g/mol. The van der Waals surface area contributed by atoms with Gasteiger partial charge in [-0.3, -0.25) is 9.59 Å². The van der Waals surface area contributed by atoms with Crippen LogP contribution in [0.2, 0.25) is 0 Å². The van der Waals surface area contributed by atoms with Crippen molar-refractivity contribution in [2.45, 2.75) is 70.8 Å². The Bertz CT molecular complexity index is 321. The second-order valence-corrected chi connectivity index (χ2v) is 6.20. The van der Waals surface area contributed by atoms with Gasteiger partial charge in [0.05, 0.1) is 6.54 Å². The van der Waals surface area contributed by atoms with Crippen LogP contribution >= 0.6 is 0 Å². The zero-order valence-electron chi connectivity index (χ0n) is 13.4. The van der Waals surface area contributed by atoms with Crippen molar-refractivity contribution in [3.05, 3.63) is 0 Å². The van der Waals surface area contributed by atoms with Gasteiger partial charge >= 0.3 is 0 Å². The summed E-state index contributed by atoms with van der Waals surface area (Å²) in [6.07, 6.45) is 8.86. The quantitative estimate of drug-likeness (QED) is 0.644. The maximum absolute atomic E-state index is 12.5. The number of hydrogen-bond acceptors (Lipinski definition) is 3. The summed E-state index contributed by atoms with van der Waals surface area (Å²) in [7, 11) is 0. The smallest absolute Gasteiger partial charge is 0.237 e. The van der Waals surface area contributed by atoms with Crippen molar-refractivity contribution in [2.24, 2.45) is 17.4 Å². The second kappa shape index (κ2) is 9.77. The number of carbonyl (C=O) groups is 2. The molecule has 0 spiro atoms. The van der Waals surface area contributed by atoms with Crippen LogP contribution < -0.4 is 11.5 Å². The Hall–Kier alpha value is -1.10. The molecule has 122 valence electrons. The lowest BCUT2D eigenvalue weighted by Gasteiger charge is -2.28. The highest BCUT2D eigenvalue weighted by Gasteiger charge is 2.27. The summed E-state index contributed by atoms with van der Waals surface area (Å²) in [6.45, 7) is 2.90. The lowest BCUT2D eigenvalue weighted by Crippen LogP contribution is -2.44. The second-order valence-electron chi connectivity index (χ2n) is 6.20. The van der Waals surface area contributed by atoms with Gasteiger partial charge in [-0.25, -0.2) is 0 Å². The Balaban J connectivity index is 2.52. The molecule has 5 heteroatoms. The van der Waals surface area contributed by atoms with Crippen LogP contribution in [0, 0.1) is 5.92 Å². The zero-order valence-corrected chi connectivity index (χ0v) is 13.4. The van der Waals surface area contributed by atoms with Crippen LogP contribution in [0.25, 0.3) is 0 Å². The Morgan fingerprint density at radius 1 is 1.19 bits per heavy atom. The van der Waals surface area contributed by atoms with Crippen molar-refractivity contribution in [1.29, 1.82) is 0 Å². The molecule has 21 heavy (non-hydrogen) atoms. The topological polar surface area (TPSA) is 89.4 Å². The molecule has 2 amide bonds. The van der Waals surface area contributed by atoms with Crippen molar-refractivity contribution in [2.75, 3.05) is 13.1 Å². The first kappa shape index (κ1) is 18.0. The predicted octanol–water partition coefficient (Wildman–Crippen LogP) is 1.79. The molecule has 0 aliphatic heterocycles. The fourth-order valence-corrected chi connectivity index (χ4v) is 3.35. The van der Waals surface area contributed by atoms with Crippen LogP contribution in [0.1, 0.15) is 64.7 Å². The van der Waals surface area contributed by atoms with Crippen LogP contribution in [0.4, 0.5) is 0 Å². The Kier molecular flexibility index (Phi) is 8.35. The predicted molar refractivity (Wildman–Crippen MR) is 84.5 cm³/mol. The zero-order chi connectivity index (χ0) is 15.7. The highest BCUT2D eigenvalue weighted by Crippen LogP contribution is 2.25. The maximum Gasteiger partial charge on any atom is 0.237 e. The molecule has 0 saturated heterocycles. The van der Waals surface area contributed by atoms with E-state index in [9.17, 15) is 9.59 Å². The molecule has 1 atom stereocenters. The van der Waals surface area contributed by atoms with Gasteiger partial charge in [-0.2, -0.15) is 0 Å².